The smallest absolute Gasteiger partial charge is 0.157 e. The Morgan fingerprint density at radius 2 is 2.10 bits per heavy atom. The van der Waals surface area contributed by atoms with Gasteiger partial charge in [0.1, 0.15) is 23.6 Å². The zero-order valence-corrected chi connectivity index (χ0v) is 11.8. The van der Waals surface area contributed by atoms with E-state index in [-0.39, 0.29) is 5.82 Å². The van der Waals surface area contributed by atoms with E-state index in [1.807, 2.05) is 0 Å². The molecule has 0 atom stereocenters. The van der Waals surface area contributed by atoms with Crippen molar-refractivity contribution in [3.05, 3.63) is 41.1 Å². The van der Waals surface area contributed by atoms with E-state index in [2.05, 4.69) is 20.6 Å². The molecule has 1 aromatic heterocycles. The third-order valence-electron chi connectivity index (χ3n) is 2.68. The molecule has 0 aliphatic rings. The average Bonchev–Trinajstić information content (AvgIpc) is 2.44. The van der Waals surface area contributed by atoms with Crippen LogP contribution in [0.25, 0.3) is 0 Å². The van der Waals surface area contributed by atoms with Crippen molar-refractivity contribution in [2.24, 2.45) is 0 Å². The Morgan fingerprint density at radius 3 is 2.80 bits per heavy atom. The van der Waals surface area contributed by atoms with Crippen LogP contribution < -0.4 is 15.4 Å². The van der Waals surface area contributed by atoms with Gasteiger partial charge in [0.25, 0.3) is 0 Å². The van der Waals surface area contributed by atoms with E-state index >= 15 is 0 Å². The first kappa shape index (κ1) is 14.3. The maximum atomic E-state index is 13.4. The highest BCUT2D eigenvalue weighted by molar-refractivity contribution is 6.32. The molecular weight excluding hydrogens is 283 g/mol. The number of rotatable bonds is 5. The van der Waals surface area contributed by atoms with Gasteiger partial charge in [-0.05, 0) is 17.7 Å². The standard InChI is InChI=1S/C13H14ClFN4O/c1-16-11-12(14)18-7-19-13(11)17-6-8-3-9(15)5-10(4-8)20-2/h3-5,7,16H,6H2,1-2H3,(H,17,18,19). The number of anilines is 2. The molecule has 20 heavy (non-hydrogen) atoms. The predicted molar refractivity (Wildman–Crippen MR) is 76.9 cm³/mol. The summed E-state index contributed by atoms with van der Waals surface area (Å²) in [5.74, 6) is 0.669. The molecule has 2 rings (SSSR count). The largest absolute Gasteiger partial charge is 0.497 e. The van der Waals surface area contributed by atoms with Gasteiger partial charge in [-0.25, -0.2) is 14.4 Å². The maximum Gasteiger partial charge on any atom is 0.157 e. The zero-order chi connectivity index (χ0) is 14.5. The maximum absolute atomic E-state index is 13.4. The molecule has 0 bridgehead atoms. The third kappa shape index (κ3) is 3.27. The second-order valence-electron chi connectivity index (χ2n) is 3.99. The Morgan fingerprint density at radius 1 is 1.30 bits per heavy atom. The SMILES string of the molecule is CNc1c(Cl)ncnc1NCc1cc(F)cc(OC)c1. The van der Waals surface area contributed by atoms with Crippen molar-refractivity contribution in [2.45, 2.75) is 6.54 Å². The molecule has 0 radical (unpaired) electrons. The summed E-state index contributed by atoms with van der Waals surface area (Å²) < 4.78 is 18.4. The molecule has 0 amide bonds. The second-order valence-corrected chi connectivity index (χ2v) is 4.35. The first-order chi connectivity index (χ1) is 9.63. The van der Waals surface area contributed by atoms with Crippen LogP contribution in [0.3, 0.4) is 0 Å². The minimum absolute atomic E-state index is 0.321. The van der Waals surface area contributed by atoms with E-state index in [0.717, 1.165) is 5.56 Å². The van der Waals surface area contributed by atoms with E-state index in [1.165, 1.54) is 25.6 Å². The van der Waals surface area contributed by atoms with Crippen LogP contribution in [0, 0.1) is 5.82 Å². The molecule has 1 heterocycles. The van der Waals surface area contributed by atoms with Crippen LogP contribution in [0.1, 0.15) is 5.56 Å². The lowest BCUT2D eigenvalue weighted by molar-refractivity contribution is 0.410. The van der Waals surface area contributed by atoms with Gasteiger partial charge >= 0.3 is 0 Å². The normalized spacial score (nSPS) is 10.2. The zero-order valence-electron chi connectivity index (χ0n) is 11.1. The molecule has 1 aromatic carbocycles. The lowest BCUT2D eigenvalue weighted by Gasteiger charge is -2.12. The van der Waals surface area contributed by atoms with Crippen molar-refractivity contribution < 1.29 is 9.13 Å². The summed E-state index contributed by atoms with van der Waals surface area (Å²) >= 11 is 5.95. The van der Waals surface area contributed by atoms with Crippen LogP contribution in [0.15, 0.2) is 24.5 Å². The highest BCUT2D eigenvalue weighted by atomic mass is 35.5. The van der Waals surface area contributed by atoms with Crippen LogP contribution in [0.2, 0.25) is 5.15 Å². The highest BCUT2D eigenvalue weighted by Crippen LogP contribution is 2.26. The van der Waals surface area contributed by atoms with E-state index in [0.29, 0.717) is 29.0 Å². The van der Waals surface area contributed by atoms with E-state index < -0.39 is 0 Å². The van der Waals surface area contributed by atoms with Crippen molar-refractivity contribution in [1.29, 1.82) is 0 Å². The van der Waals surface area contributed by atoms with Gasteiger partial charge in [0, 0.05) is 19.7 Å². The molecule has 0 saturated heterocycles. The summed E-state index contributed by atoms with van der Waals surface area (Å²) in [6.45, 7) is 0.385. The minimum Gasteiger partial charge on any atom is -0.497 e. The number of hydrogen-bond donors (Lipinski definition) is 2. The molecule has 0 fully saturated rings. The molecule has 7 heteroatoms. The van der Waals surface area contributed by atoms with Crippen LogP contribution in [-0.4, -0.2) is 24.1 Å². The molecule has 0 saturated carbocycles. The van der Waals surface area contributed by atoms with Crippen LogP contribution >= 0.6 is 11.6 Å². The first-order valence-corrected chi connectivity index (χ1v) is 6.27. The summed E-state index contributed by atoms with van der Waals surface area (Å²) in [5, 5.41) is 6.32. The van der Waals surface area contributed by atoms with Gasteiger partial charge in [-0.1, -0.05) is 11.6 Å². The molecule has 0 aliphatic carbocycles. The Bertz CT molecular complexity index is 609. The quantitative estimate of drug-likeness (QED) is 0.831. The highest BCUT2D eigenvalue weighted by Gasteiger charge is 2.08. The molecule has 2 aromatic rings. The van der Waals surface area contributed by atoms with Gasteiger partial charge in [-0.3, -0.25) is 0 Å². The van der Waals surface area contributed by atoms with Gasteiger partial charge in [-0.15, -0.1) is 0 Å². The molecule has 2 N–H and O–H groups in total. The molecule has 106 valence electrons. The minimum atomic E-state index is -0.351. The molecule has 5 nitrogen and oxygen atoms in total. The van der Waals surface area contributed by atoms with E-state index in [1.54, 1.807) is 13.1 Å². The number of nitrogens with one attached hydrogen (secondary N) is 2. The fourth-order valence-electron chi connectivity index (χ4n) is 1.75. The van der Waals surface area contributed by atoms with Crippen LogP contribution in [0.5, 0.6) is 5.75 Å². The predicted octanol–water partition coefficient (Wildman–Crippen LogP) is 2.93. The fraction of sp³-hybridized carbons (Fsp3) is 0.231. The third-order valence-corrected chi connectivity index (χ3v) is 2.96. The van der Waals surface area contributed by atoms with E-state index in [4.69, 9.17) is 16.3 Å². The summed E-state index contributed by atoms with van der Waals surface area (Å²) in [6.07, 6.45) is 1.36. The van der Waals surface area contributed by atoms with E-state index in [9.17, 15) is 4.39 Å². The fourth-order valence-corrected chi connectivity index (χ4v) is 1.97. The number of hydrogen-bond acceptors (Lipinski definition) is 5. The summed E-state index contributed by atoms with van der Waals surface area (Å²) in [7, 11) is 3.22. The topological polar surface area (TPSA) is 59.1 Å². The monoisotopic (exact) mass is 296 g/mol. The van der Waals surface area contributed by atoms with Gasteiger partial charge in [0.15, 0.2) is 11.0 Å². The van der Waals surface area contributed by atoms with Gasteiger partial charge in [0.2, 0.25) is 0 Å². The van der Waals surface area contributed by atoms with Gasteiger partial charge in [0.05, 0.1) is 7.11 Å². The summed E-state index contributed by atoms with van der Waals surface area (Å²) in [4.78, 5) is 7.98. The van der Waals surface area contributed by atoms with Crippen molar-refractivity contribution in [3.63, 3.8) is 0 Å². The Hall–Kier alpha value is -2.08. The van der Waals surface area contributed by atoms with Crippen LogP contribution in [0.4, 0.5) is 15.9 Å². The molecule has 0 unspecified atom stereocenters. The average molecular weight is 297 g/mol. The molecule has 0 spiro atoms. The lowest BCUT2D eigenvalue weighted by Crippen LogP contribution is -2.06. The number of benzene rings is 1. The Kier molecular flexibility index (Phi) is 4.57. The van der Waals surface area contributed by atoms with Crippen molar-refractivity contribution in [1.82, 2.24) is 9.97 Å². The lowest BCUT2D eigenvalue weighted by atomic mass is 10.2. The molecular formula is C13H14ClFN4O. The number of halogens is 2. The van der Waals surface area contributed by atoms with Gasteiger partial charge < -0.3 is 15.4 Å². The number of aromatic nitrogens is 2. The van der Waals surface area contributed by atoms with Crippen molar-refractivity contribution in [3.8, 4) is 5.75 Å². The number of nitrogens with zero attached hydrogens (tertiary/aromatic N) is 2. The Balaban J connectivity index is 2.17. The Labute approximate surface area is 121 Å². The second kappa shape index (κ2) is 6.38. The molecule has 0 aliphatic heterocycles. The number of methoxy groups -OCH3 is 1. The van der Waals surface area contributed by atoms with Crippen molar-refractivity contribution in [2.75, 3.05) is 24.8 Å². The summed E-state index contributed by atoms with van der Waals surface area (Å²) in [6, 6.07) is 4.50. The summed E-state index contributed by atoms with van der Waals surface area (Å²) in [5.41, 5.74) is 1.33. The first-order valence-electron chi connectivity index (χ1n) is 5.89. The number of ether oxygens (including phenoxy) is 1. The van der Waals surface area contributed by atoms with Gasteiger partial charge in [-0.2, -0.15) is 0 Å². The van der Waals surface area contributed by atoms with Crippen LogP contribution in [-0.2, 0) is 6.54 Å². The van der Waals surface area contributed by atoms with Crippen molar-refractivity contribution >= 4 is 23.1 Å².